The first-order chi connectivity index (χ1) is 18.9. The highest BCUT2D eigenvalue weighted by Crippen LogP contribution is 2.33. The fourth-order valence-corrected chi connectivity index (χ4v) is 5.98. The molecule has 0 aliphatic carbocycles. The van der Waals surface area contributed by atoms with Crippen molar-refractivity contribution in [1.82, 2.24) is 4.98 Å². The van der Waals surface area contributed by atoms with Crippen molar-refractivity contribution in [3.05, 3.63) is 94.5 Å². The van der Waals surface area contributed by atoms with Crippen LogP contribution in [0, 0.1) is 10.1 Å². The van der Waals surface area contributed by atoms with Crippen LogP contribution in [0.1, 0.15) is 5.56 Å². The van der Waals surface area contributed by atoms with Crippen molar-refractivity contribution in [2.45, 2.75) is 10.8 Å². The van der Waals surface area contributed by atoms with Crippen LogP contribution in [0.3, 0.4) is 0 Å². The summed E-state index contributed by atoms with van der Waals surface area (Å²) in [4.78, 5) is 40.6. The van der Waals surface area contributed by atoms with Crippen molar-refractivity contribution in [2.24, 2.45) is 0 Å². The Labute approximate surface area is 231 Å². The van der Waals surface area contributed by atoms with E-state index in [1.807, 2.05) is 54.6 Å². The summed E-state index contributed by atoms with van der Waals surface area (Å²) in [7, 11) is 1.41. The number of anilines is 2. The second kappa shape index (κ2) is 11.5. The lowest BCUT2D eigenvalue weighted by molar-refractivity contribution is -0.384. The molecule has 0 saturated carbocycles. The Morgan fingerprint density at radius 3 is 2.64 bits per heavy atom. The van der Waals surface area contributed by atoms with Crippen LogP contribution in [0.15, 0.2) is 83.2 Å². The van der Waals surface area contributed by atoms with Crippen molar-refractivity contribution in [1.29, 1.82) is 0 Å². The second-order valence-corrected chi connectivity index (χ2v) is 10.8. The number of carbonyl (C=O) groups is 2. The summed E-state index contributed by atoms with van der Waals surface area (Å²) >= 11 is 2.63. The number of ether oxygens (including phenoxy) is 1. The molecule has 0 unspecified atom stereocenters. The maximum absolute atomic E-state index is 12.8. The molecule has 0 spiro atoms. The second-order valence-electron chi connectivity index (χ2n) is 8.50. The number of thioether (sulfide) groups is 1. The molecule has 0 fully saturated rings. The maximum Gasteiger partial charge on any atom is 0.296 e. The Kier molecular flexibility index (Phi) is 7.71. The molecule has 0 atom stereocenters. The third-order valence-corrected chi connectivity index (χ3v) is 8.05. The van der Waals surface area contributed by atoms with Crippen molar-refractivity contribution in [3.63, 3.8) is 0 Å². The maximum atomic E-state index is 12.8. The van der Waals surface area contributed by atoms with Gasteiger partial charge in [-0.15, -0.1) is 11.3 Å². The van der Waals surface area contributed by atoms with Crippen LogP contribution >= 0.6 is 23.1 Å². The zero-order valence-electron chi connectivity index (χ0n) is 20.7. The van der Waals surface area contributed by atoms with Crippen LogP contribution in [-0.4, -0.2) is 34.6 Å². The van der Waals surface area contributed by atoms with Gasteiger partial charge in [0.2, 0.25) is 11.8 Å². The van der Waals surface area contributed by atoms with E-state index in [2.05, 4.69) is 15.6 Å². The van der Waals surface area contributed by atoms with Crippen molar-refractivity contribution >= 4 is 73.0 Å². The van der Waals surface area contributed by atoms with Crippen LogP contribution in [-0.2, 0) is 16.0 Å². The molecular weight excluding hydrogens is 536 g/mol. The summed E-state index contributed by atoms with van der Waals surface area (Å²) in [6.07, 6.45) is 0.255. The van der Waals surface area contributed by atoms with E-state index in [9.17, 15) is 19.7 Å². The number of fused-ring (bicyclic) bond motifs is 2. The van der Waals surface area contributed by atoms with Gasteiger partial charge in [0.1, 0.15) is 11.4 Å². The molecule has 2 N–H and O–H groups in total. The quantitative estimate of drug-likeness (QED) is 0.124. The van der Waals surface area contributed by atoms with Gasteiger partial charge in [0.05, 0.1) is 40.5 Å². The van der Waals surface area contributed by atoms with E-state index in [1.54, 1.807) is 12.1 Å². The lowest BCUT2D eigenvalue weighted by atomic mass is 10.0. The number of aromatic nitrogens is 1. The number of nitro benzene ring substituents is 1. The van der Waals surface area contributed by atoms with E-state index in [0.717, 1.165) is 26.6 Å². The summed E-state index contributed by atoms with van der Waals surface area (Å²) in [6, 6.07) is 23.6. The predicted octanol–water partition coefficient (Wildman–Crippen LogP) is 6.28. The minimum absolute atomic E-state index is 0.0254. The third-order valence-electron chi connectivity index (χ3n) is 5.89. The molecular formula is C28H22N4O5S2. The lowest BCUT2D eigenvalue weighted by Crippen LogP contribution is -2.15. The number of benzene rings is 4. The number of carbonyl (C=O) groups excluding carboxylic acids is 2. The first-order valence-electron chi connectivity index (χ1n) is 11.8. The van der Waals surface area contributed by atoms with E-state index in [0.29, 0.717) is 15.8 Å². The SMILES string of the molecule is COc1ccc(NC(=O)CSc2nc3ccc(NC(=O)Cc4cccc5ccccc45)cc3s2)c([N+](=O)[O-])c1. The van der Waals surface area contributed by atoms with Crippen LogP contribution in [0.4, 0.5) is 17.1 Å². The largest absolute Gasteiger partial charge is 0.496 e. The molecule has 0 aliphatic heterocycles. The monoisotopic (exact) mass is 558 g/mol. The fourth-order valence-electron chi connectivity index (χ4n) is 4.08. The molecule has 9 nitrogen and oxygen atoms in total. The zero-order chi connectivity index (χ0) is 27.4. The zero-order valence-corrected chi connectivity index (χ0v) is 22.3. The molecule has 11 heteroatoms. The van der Waals surface area contributed by atoms with Gasteiger partial charge in [-0.2, -0.15) is 0 Å². The smallest absolute Gasteiger partial charge is 0.296 e. The molecule has 0 aliphatic rings. The highest BCUT2D eigenvalue weighted by Gasteiger charge is 2.18. The average molecular weight is 559 g/mol. The van der Waals surface area contributed by atoms with Gasteiger partial charge in [-0.05, 0) is 46.7 Å². The fraction of sp³-hybridized carbons (Fsp3) is 0.107. The highest BCUT2D eigenvalue weighted by molar-refractivity contribution is 8.01. The predicted molar refractivity (Wildman–Crippen MR) is 155 cm³/mol. The molecule has 196 valence electrons. The Balaban J connectivity index is 1.21. The molecule has 5 aromatic rings. The Morgan fingerprint density at radius 1 is 1.00 bits per heavy atom. The minimum Gasteiger partial charge on any atom is -0.496 e. The van der Waals surface area contributed by atoms with Crippen LogP contribution in [0.5, 0.6) is 5.75 Å². The standard InChI is InChI=1S/C28H22N4O5S2/c1-37-20-10-12-22(24(15-20)32(35)36)30-27(34)16-38-28-31-23-11-9-19(14-25(23)39-28)29-26(33)13-18-7-4-6-17-5-2-3-8-21(17)18/h2-12,14-15H,13,16H2,1H3,(H,29,33)(H,30,34). The molecule has 5 rings (SSSR count). The Morgan fingerprint density at radius 2 is 1.82 bits per heavy atom. The summed E-state index contributed by atoms with van der Waals surface area (Å²) < 4.78 is 6.56. The molecule has 39 heavy (non-hydrogen) atoms. The Bertz CT molecular complexity index is 1710. The summed E-state index contributed by atoms with van der Waals surface area (Å²) in [6.45, 7) is 0. The molecule has 0 radical (unpaired) electrons. The summed E-state index contributed by atoms with van der Waals surface area (Å²) in [5.41, 5.74) is 2.22. The molecule has 1 heterocycles. The van der Waals surface area contributed by atoms with Gasteiger partial charge in [0, 0.05) is 5.69 Å². The van der Waals surface area contributed by atoms with Gasteiger partial charge in [0.15, 0.2) is 4.34 Å². The Hall–Kier alpha value is -4.48. The van der Waals surface area contributed by atoms with E-state index in [4.69, 9.17) is 4.74 Å². The first kappa shape index (κ1) is 26.1. The van der Waals surface area contributed by atoms with E-state index < -0.39 is 10.8 Å². The van der Waals surface area contributed by atoms with E-state index in [1.165, 1.54) is 42.3 Å². The number of thiazole rings is 1. The van der Waals surface area contributed by atoms with Crippen molar-refractivity contribution < 1.29 is 19.2 Å². The number of nitrogens with zero attached hydrogens (tertiary/aromatic N) is 2. The topological polar surface area (TPSA) is 123 Å². The van der Waals surface area contributed by atoms with E-state index >= 15 is 0 Å². The normalized spacial score (nSPS) is 10.9. The number of nitrogens with one attached hydrogen (secondary N) is 2. The summed E-state index contributed by atoms with van der Waals surface area (Å²) in [5, 5.41) is 19.0. The van der Waals surface area contributed by atoms with Gasteiger partial charge < -0.3 is 15.4 Å². The number of amides is 2. The molecule has 0 bridgehead atoms. The molecule has 2 amide bonds. The highest BCUT2D eigenvalue weighted by atomic mass is 32.2. The van der Waals surface area contributed by atoms with Gasteiger partial charge in [-0.1, -0.05) is 54.2 Å². The molecule has 0 saturated heterocycles. The number of methoxy groups -OCH3 is 1. The van der Waals surface area contributed by atoms with Gasteiger partial charge >= 0.3 is 0 Å². The lowest BCUT2D eigenvalue weighted by Gasteiger charge is -2.08. The van der Waals surface area contributed by atoms with Gasteiger partial charge in [0.25, 0.3) is 5.69 Å². The van der Waals surface area contributed by atoms with Crippen LogP contribution < -0.4 is 15.4 Å². The summed E-state index contributed by atoms with van der Waals surface area (Å²) in [5.74, 6) is -0.159. The minimum atomic E-state index is -0.572. The number of nitro groups is 1. The number of hydrogen-bond donors (Lipinski definition) is 2. The van der Waals surface area contributed by atoms with Crippen LogP contribution in [0.25, 0.3) is 21.0 Å². The van der Waals surface area contributed by atoms with Crippen molar-refractivity contribution in [2.75, 3.05) is 23.5 Å². The number of hydrogen-bond acceptors (Lipinski definition) is 8. The molecule has 1 aromatic heterocycles. The third kappa shape index (κ3) is 6.16. The van der Waals surface area contributed by atoms with Gasteiger partial charge in [-0.25, -0.2) is 4.98 Å². The van der Waals surface area contributed by atoms with E-state index in [-0.39, 0.29) is 29.5 Å². The number of rotatable bonds is 9. The first-order valence-corrected chi connectivity index (χ1v) is 13.6. The van der Waals surface area contributed by atoms with Gasteiger partial charge in [-0.3, -0.25) is 19.7 Å². The molecule has 4 aromatic carbocycles. The van der Waals surface area contributed by atoms with Crippen LogP contribution in [0.2, 0.25) is 0 Å². The van der Waals surface area contributed by atoms with Crippen molar-refractivity contribution in [3.8, 4) is 5.75 Å². The average Bonchev–Trinajstić information content (AvgIpc) is 3.34.